The summed E-state index contributed by atoms with van der Waals surface area (Å²) >= 11 is 0. The van der Waals surface area contributed by atoms with Gasteiger partial charge in [0, 0.05) is 12.6 Å². The topological polar surface area (TPSA) is 32.6 Å². The first-order valence-electron chi connectivity index (χ1n) is 2.26. The van der Waals surface area contributed by atoms with E-state index in [9.17, 15) is 0 Å². The molecule has 2 nitrogen and oxygen atoms in total. The Bertz CT molecular complexity index is 115. The van der Waals surface area contributed by atoms with Crippen LogP contribution in [0.5, 0.6) is 0 Å². The zero-order valence-electron chi connectivity index (χ0n) is 3.96. The first-order chi connectivity index (χ1) is 3.39. The van der Waals surface area contributed by atoms with Crippen LogP contribution in [0.25, 0.3) is 0 Å². The van der Waals surface area contributed by atoms with E-state index in [4.69, 9.17) is 5.11 Å². The lowest BCUT2D eigenvalue weighted by molar-refractivity contribution is 0.402. The molecule has 1 N–H and O–H groups in total. The molecule has 7 heavy (non-hydrogen) atoms. The molecule has 0 saturated carbocycles. The maximum absolute atomic E-state index is 8.68. The van der Waals surface area contributed by atoms with Crippen molar-refractivity contribution in [1.82, 2.24) is 0 Å². The Morgan fingerprint density at radius 1 is 1.71 bits per heavy atom. The Morgan fingerprint density at radius 3 is 2.86 bits per heavy atom. The van der Waals surface area contributed by atoms with Crippen LogP contribution in [0, 0.1) is 0 Å². The van der Waals surface area contributed by atoms with Crippen LogP contribution in [-0.4, -0.2) is 17.9 Å². The van der Waals surface area contributed by atoms with Gasteiger partial charge in [-0.1, -0.05) is 0 Å². The van der Waals surface area contributed by atoms with Gasteiger partial charge in [0.15, 0.2) is 0 Å². The predicted octanol–water partition coefficient (Wildman–Crippen LogP) is 0.903. The van der Waals surface area contributed by atoms with E-state index in [1.807, 2.05) is 0 Å². The average Bonchev–Trinajstić information content (AvgIpc) is 1.69. The highest BCUT2D eigenvalue weighted by Gasteiger charge is 1.91. The van der Waals surface area contributed by atoms with E-state index in [2.05, 4.69) is 4.99 Å². The molecule has 0 fully saturated rings. The normalized spacial score (nSPS) is 19.1. The van der Waals surface area contributed by atoms with Crippen LogP contribution in [0.15, 0.2) is 16.8 Å². The third-order valence-corrected chi connectivity index (χ3v) is 0.862. The Labute approximate surface area is 42.2 Å². The minimum atomic E-state index is 0.440. The quantitative estimate of drug-likeness (QED) is 0.478. The van der Waals surface area contributed by atoms with Crippen molar-refractivity contribution in [3.63, 3.8) is 0 Å². The summed E-state index contributed by atoms with van der Waals surface area (Å²) in [4.78, 5) is 3.87. The van der Waals surface area contributed by atoms with Crippen molar-refractivity contribution in [3.8, 4) is 0 Å². The van der Waals surface area contributed by atoms with Crippen molar-refractivity contribution in [2.24, 2.45) is 4.99 Å². The van der Waals surface area contributed by atoms with E-state index < -0.39 is 0 Å². The average molecular weight is 97.1 g/mol. The van der Waals surface area contributed by atoms with E-state index in [0.29, 0.717) is 18.7 Å². The molecule has 38 valence electrons. The molecule has 1 rings (SSSR count). The van der Waals surface area contributed by atoms with Crippen molar-refractivity contribution >= 4 is 6.21 Å². The summed E-state index contributed by atoms with van der Waals surface area (Å²) in [5.74, 6) is 0.440. The minimum Gasteiger partial charge on any atom is -0.512 e. The smallest absolute Gasteiger partial charge is 0.0954 e. The summed E-state index contributed by atoms with van der Waals surface area (Å²) in [5, 5.41) is 8.68. The lowest BCUT2D eigenvalue weighted by atomic mass is 10.3. The van der Waals surface area contributed by atoms with Crippen LogP contribution in [0.3, 0.4) is 0 Å². The standard InChI is InChI=1S/C5H7NO/c7-5-1-3-6-4-2-5/h1,4,7H,2-3H2. The highest BCUT2D eigenvalue weighted by Crippen LogP contribution is 1.96. The molecule has 0 radical (unpaired) electrons. The van der Waals surface area contributed by atoms with Crippen molar-refractivity contribution in [2.45, 2.75) is 6.42 Å². The molecule has 0 amide bonds. The third kappa shape index (κ3) is 1.03. The molecule has 1 heterocycles. The molecule has 1 aliphatic rings. The van der Waals surface area contributed by atoms with E-state index in [-0.39, 0.29) is 0 Å². The maximum atomic E-state index is 8.68. The van der Waals surface area contributed by atoms with Crippen LogP contribution in [0.4, 0.5) is 0 Å². The van der Waals surface area contributed by atoms with Crippen LogP contribution in [0.2, 0.25) is 0 Å². The molecule has 0 aromatic rings. The molecule has 0 atom stereocenters. The fraction of sp³-hybridized carbons (Fsp3) is 0.400. The fourth-order valence-electron chi connectivity index (χ4n) is 0.474. The highest BCUT2D eigenvalue weighted by molar-refractivity contribution is 5.61. The number of aliphatic hydroxyl groups is 1. The summed E-state index contributed by atoms with van der Waals surface area (Å²) in [6.07, 6.45) is 4.04. The summed E-state index contributed by atoms with van der Waals surface area (Å²) in [5.41, 5.74) is 0. The number of hydrogen-bond acceptors (Lipinski definition) is 2. The van der Waals surface area contributed by atoms with Crippen LogP contribution in [0.1, 0.15) is 6.42 Å². The van der Waals surface area contributed by atoms with Crippen molar-refractivity contribution < 1.29 is 5.11 Å². The van der Waals surface area contributed by atoms with Gasteiger partial charge in [0.2, 0.25) is 0 Å². The molecular formula is C5H7NO. The van der Waals surface area contributed by atoms with Gasteiger partial charge >= 0.3 is 0 Å². The number of nitrogens with zero attached hydrogens (tertiary/aromatic N) is 1. The molecule has 0 aromatic carbocycles. The van der Waals surface area contributed by atoms with Gasteiger partial charge in [0.05, 0.1) is 12.3 Å². The number of hydrogen-bond donors (Lipinski definition) is 1. The van der Waals surface area contributed by atoms with E-state index >= 15 is 0 Å². The second kappa shape index (κ2) is 1.78. The monoisotopic (exact) mass is 97.1 g/mol. The number of rotatable bonds is 0. The molecule has 1 aliphatic heterocycles. The molecular weight excluding hydrogens is 90.1 g/mol. The van der Waals surface area contributed by atoms with Gasteiger partial charge in [-0.15, -0.1) is 0 Å². The first-order valence-corrected chi connectivity index (χ1v) is 2.26. The number of aliphatic hydroxyl groups excluding tert-OH is 1. The van der Waals surface area contributed by atoms with Gasteiger partial charge < -0.3 is 5.11 Å². The number of allylic oxidation sites excluding steroid dienone is 1. The largest absolute Gasteiger partial charge is 0.512 e. The third-order valence-electron chi connectivity index (χ3n) is 0.862. The number of dihydropyridines is 1. The van der Waals surface area contributed by atoms with Gasteiger partial charge in [-0.25, -0.2) is 0 Å². The van der Waals surface area contributed by atoms with E-state index in [0.717, 1.165) is 0 Å². The summed E-state index contributed by atoms with van der Waals surface area (Å²) < 4.78 is 0. The van der Waals surface area contributed by atoms with Crippen LogP contribution < -0.4 is 0 Å². The SMILES string of the molecule is OC1=CCN=CC1. The van der Waals surface area contributed by atoms with Crippen molar-refractivity contribution in [3.05, 3.63) is 11.8 Å². The predicted molar refractivity (Wildman–Crippen MR) is 28.7 cm³/mol. The minimum absolute atomic E-state index is 0.440. The Kier molecular flexibility index (Phi) is 1.11. The second-order valence-corrected chi connectivity index (χ2v) is 1.45. The van der Waals surface area contributed by atoms with Crippen molar-refractivity contribution in [2.75, 3.05) is 6.54 Å². The lowest BCUT2D eigenvalue weighted by Gasteiger charge is -1.96. The van der Waals surface area contributed by atoms with Crippen LogP contribution in [-0.2, 0) is 0 Å². The summed E-state index contributed by atoms with van der Waals surface area (Å²) in [6, 6.07) is 0. The van der Waals surface area contributed by atoms with Gasteiger partial charge in [-0.3, -0.25) is 4.99 Å². The molecule has 2 heteroatoms. The molecule has 0 bridgehead atoms. The molecule has 0 saturated heterocycles. The van der Waals surface area contributed by atoms with E-state index in [1.165, 1.54) is 0 Å². The molecule has 0 unspecified atom stereocenters. The lowest BCUT2D eigenvalue weighted by Crippen LogP contribution is -1.91. The van der Waals surface area contributed by atoms with Crippen molar-refractivity contribution in [1.29, 1.82) is 0 Å². The Balaban J connectivity index is 2.50. The molecule has 0 spiro atoms. The second-order valence-electron chi connectivity index (χ2n) is 1.45. The van der Waals surface area contributed by atoms with Gasteiger partial charge in [-0.2, -0.15) is 0 Å². The summed E-state index contributed by atoms with van der Waals surface area (Å²) in [6.45, 7) is 0.645. The highest BCUT2D eigenvalue weighted by atomic mass is 16.3. The Hall–Kier alpha value is -0.790. The zero-order chi connectivity index (χ0) is 5.11. The Morgan fingerprint density at radius 2 is 2.57 bits per heavy atom. The number of aliphatic imine (C=N–C) groups is 1. The summed E-state index contributed by atoms with van der Waals surface area (Å²) in [7, 11) is 0. The van der Waals surface area contributed by atoms with Gasteiger partial charge in [-0.05, 0) is 6.08 Å². The van der Waals surface area contributed by atoms with Crippen LogP contribution >= 0.6 is 0 Å². The molecule has 0 aliphatic carbocycles. The maximum Gasteiger partial charge on any atom is 0.0954 e. The van der Waals surface area contributed by atoms with Gasteiger partial charge in [0.1, 0.15) is 0 Å². The molecule has 0 aromatic heterocycles. The van der Waals surface area contributed by atoms with Gasteiger partial charge in [0.25, 0.3) is 0 Å². The first kappa shape index (κ1) is 4.37. The zero-order valence-corrected chi connectivity index (χ0v) is 3.96. The fourth-order valence-corrected chi connectivity index (χ4v) is 0.474. The van der Waals surface area contributed by atoms with E-state index in [1.54, 1.807) is 12.3 Å².